The molecule has 0 aliphatic heterocycles. The number of benzene rings is 1. The van der Waals surface area contributed by atoms with Crippen molar-refractivity contribution in [3.8, 4) is 0 Å². The van der Waals surface area contributed by atoms with Gasteiger partial charge in [-0.25, -0.2) is 13.1 Å². The van der Waals surface area contributed by atoms with Crippen LogP contribution in [0, 0.1) is 0 Å². The van der Waals surface area contributed by atoms with E-state index in [0.29, 0.717) is 17.2 Å². The van der Waals surface area contributed by atoms with E-state index in [1.165, 1.54) is 31.0 Å². The minimum Gasteiger partial charge on any atom is -0.392 e. The topological polar surface area (TPSA) is 75.6 Å². The van der Waals surface area contributed by atoms with Crippen LogP contribution in [-0.2, 0) is 21.4 Å². The fourth-order valence-electron chi connectivity index (χ4n) is 2.38. The zero-order valence-corrected chi connectivity index (χ0v) is 13.3. The van der Waals surface area contributed by atoms with E-state index in [2.05, 4.69) is 4.72 Å². The highest BCUT2D eigenvalue weighted by Gasteiger charge is 2.17. The first-order valence-electron chi connectivity index (χ1n) is 7.03. The number of rotatable bonds is 7. The summed E-state index contributed by atoms with van der Waals surface area (Å²) in [6.45, 7) is 0.299. The zero-order valence-electron chi connectivity index (χ0n) is 11.7. The average molecular weight is 334 g/mol. The monoisotopic (exact) mass is 333 g/mol. The Hall–Kier alpha value is -0.660. The van der Waals surface area contributed by atoms with Gasteiger partial charge < -0.3 is 9.84 Å². The fraction of sp³-hybridized carbons (Fsp3) is 0.571. The van der Waals surface area contributed by atoms with Gasteiger partial charge in [-0.1, -0.05) is 24.4 Å². The van der Waals surface area contributed by atoms with Gasteiger partial charge in [0.05, 0.1) is 24.2 Å². The van der Waals surface area contributed by atoms with Gasteiger partial charge in [0.2, 0.25) is 10.0 Å². The number of aliphatic hydroxyl groups excluding tert-OH is 1. The summed E-state index contributed by atoms with van der Waals surface area (Å²) in [7, 11) is -3.61. The number of ether oxygens (including phenoxy) is 1. The van der Waals surface area contributed by atoms with Crippen molar-refractivity contribution in [3.63, 3.8) is 0 Å². The van der Waals surface area contributed by atoms with E-state index < -0.39 is 10.0 Å². The number of halogens is 1. The van der Waals surface area contributed by atoms with E-state index in [1.807, 2.05) is 0 Å². The molecule has 0 radical (unpaired) electrons. The van der Waals surface area contributed by atoms with Crippen molar-refractivity contribution in [3.05, 3.63) is 28.8 Å². The summed E-state index contributed by atoms with van der Waals surface area (Å²) in [5.74, 6) is 0. The van der Waals surface area contributed by atoms with Crippen molar-refractivity contribution in [2.45, 2.75) is 43.3 Å². The number of aliphatic hydroxyl groups is 1. The Morgan fingerprint density at radius 2 is 2.05 bits per heavy atom. The standard InChI is InChI=1S/C14H20ClNO4S/c15-14-6-5-13(9-11(14)10-17)21(18,19)16-7-8-20-12-3-1-2-4-12/h5-6,9,12,16-17H,1-4,7-8,10H2. The lowest BCUT2D eigenvalue weighted by Gasteiger charge is -2.12. The molecular formula is C14H20ClNO4S. The molecule has 1 aliphatic carbocycles. The molecule has 1 aliphatic rings. The van der Waals surface area contributed by atoms with Gasteiger partial charge >= 0.3 is 0 Å². The van der Waals surface area contributed by atoms with Crippen molar-refractivity contribution < 1.29 is 18.3 Å². The lowest BCUT2D eigenvalue weighted by atomic mass is 10.2. The third kappa shape index (κ3) is 4.66. The molecule has 1 aromatic carbocycles. The summed E-state index contributed by atoms with van der Waals surface area (Å²) in [6.07, 6.45) is 4.76. The van der Waals surface area contributed by atoms with Crippen LogP contribution in [0.4, 0.5) is 0 Å². The van der Waals surface area contributed by atoms with Gasteiger partial charge in [0.15, 0.2) is 0 Å². The molecule has 118 valence electrons. The SMILES string of the molecule is O=S(=O)(NCCOC1CCCC1)c1ccc(Cl)c(CO)c1. The summed E-state index contributed by atoms with van der Waals surface area (Å²) >= 11 is 5.85. The van der Waals surface area contributed by atoms with Crippen LogP contribution in [0.3, 0.4) is 0 Å². The molecule has 0 saturated heterocycles. The Kier molecular flexibility index (Phi) is 6.01. The molecule has 0 heterocycles. The predicted molar refractivity (Wildman–Crippen MR) is 80.8 cm³/mol. The largest absolute Gasteiger partial charge is 0.392 e. The normalized spacial score (nSPS) is 16.5. The quantitative estimate of drug-likeness (QED) is 0.749. The van der Waals surface area contributed by atoms with Crippen LogP contribution in [0.5, 0.6) is 0 Å². The molecule has 0 atom stereocenters. The fourth-order valence-corrected chi connectivity index (χ4v) is 3.62. The highest BCUT2D eigenvalue weighted by atomic mass is 35.5. The predicted octanol–water partition coefficient (Wildman–Crippen LogP) is 2.07. The van der Waals surface area contributed by atoms with Crippen LogP contribution in [0.1, 0.15) is 31.2 Å². The van der Waals surface area contributed by atoms with Crippen LogP contribution in [-0.4, -0.2) is 32.8 Å². The van der Waals surface area contributed by atoms with Crippen LogP contribution in [0.15, 0.2) is 23.1 Å². The highest BCUT2D eigenvalue weighted by Crippen LogP contribution is 2.21. The maximum Gasteiger partial charge on any atom is 0.240 e. The van der Waals surface area contributed by atoms with Gasteiger partial charge in [-0.2, -0.15) is 0 Å². The lowest BCUT2D eigenvalue weighted by Crippen LogP contribution is -2.28. The molecule has 1 aromatic rings. The van der Waals surface area contributed by atoms with E-state index in [9.17, 15) is 8.42 Å². The maximum absolute atomic E-state index is 12.1. The molecule has 0 unspecified atom stereocenters. The second kappa shape index (κ2) is 7.56. The summed E-state index contributed by atoms with van der Waals surface area (Å²) < 4.78 is 32.3. The first-order valence-corrected chi connectivity index (χ1v) is 8.89. The molecule has 0 spiro atoms. The van der Waals surface area contributed by atoms with E-state index >= 15 is 0 Å². The van der Waals surface area contributed by atoms with Crippen LogP contribution in [0.2, 0.25) is 5.02 Å². The van der Waals surface area contributed by atoms with Gasteiger partial charge in [0.25, 0.3) is 0 Å². The van der Waals surface area contributed by atoms with E-state index in [1.54, 1.807) is 0 Å². The van der Waals surface area contributed by atoms with Gasteiger partial charge in [-0.05, 0) is 36.6 Å². The van der Waals surface area contributed by atoms with Crippen molar-refractivity contribution in [1.29, 1.82) is 0 Å². The average Bonchev–Trinajstić information content (AvgIpc) is 2.97. The second-order valence-electron chi connectivity index (χ2n) is 5.09. The molecule has 1 saturated carbocycles. The van der Waals surface area contributed by atoms with Gasteiger partial charge in [-0.15, -0.1) is 0 Å². The first kappa shape index (κ1) is 16.7. The Balaban J connectivity index is 1.88. The molecule has 1 fully saturated rings. The summed E-state index contributed by atoms with van der Waals surface area (Å²) in [5.41, 5.74) is 0.391. The number of hydrogen-bond acceptors (Lipinski definition) is 4. The molecular weight excluding hydrogens is 314 g/mol. The minimum atomic E-state index is -3.61. The number of sulfonamides is 1. The molecule has 0 bridgehead atoms. The number of nitrogens with one attached hydrogen (secondary N) is 1. The van der Waals surface area contributed by atoms with Crippen LogP contribution < -0.4 is 4.72 Å². The Labute approximate surface area is 130 Å². The van der Waals surface area contributed by atoms with E-state index in [0.717, 1.165) is 12.8 Å². The first-order chi connectivity index (χ1) is 10.0. The minimum absolute atomic E-state index is 0.0943. The Morgan fingerprint density at radius 3 is 2.71 bits per heavy atom. The van der Waals surface area contributed by atoms with Gasteiger partial charge in [-0.3, -0.25) is 0 Å². The smallest absolute Gasteiger partial charge is 0.240 e. The Bertz CT molecular complexity index is 570. The van der Waals surface area contributed by atoms with Crippen molar-refractivity contribution in [2.24, 2.45) is 0 Å². The highest BCUT2D eigenvalue weighted by molar-refractivity contribution is 7.89. The maximum atomic E-state index is 12.1. The second-order valence-corrected chi connectivity index (χ2v) is 7.26. The molecule has 2 rings (SSSR count). The zero-order chi connectivity index (χ0) is 15.3. The molecule has 0 aromatic heterocycles. The van der Waals surface area contributed by atoms with Gasteiger partial charge in [0.1, 0.15) is 0 Å². The lowest BCUT2D eigenvalue weighted by molar-refractivity contribution is 0.0626. The van der Waals surface area contributed by atoms with Crippen LogP contribution in [0.25, 0.3) is 0 Å². The summed E-state index contributed by atoms with van der Waals surface area (Å²) in [5, 5.41) is 9.47. The van der Waals surface area contributed by atoms with E-state index in [4.69, 9.17) is 21.4 Å². The van der Waals surface area contributed by atoms with Crippen LogP contribution >= 0.6 is 11.6 Å². The molecule has 5 nitrogen and oxygen atoms in total. The van der Waals surface area contributed by atoms with Crippen molar-refractivity contribution in [2.75, 3.05) is 13.2 Å². The molecule has 0 amide bonds. The Morgan fingerprint density at radius 1 is 1.33 bits per heavy atom. The van der Waals surface area contributed by atoms with Crippen molar-refractivity contribution >= 4 is 21.6 Å². The molecule has 2 N–H and O–H groups in total. The summed E-state index contributed by atoms with van der Waals surface area (Å²) in [4.78, 5) is 0.0943. The van der Waals surface area contributed by atoms with E-state index in [-0.39, 0.29) is 24.2 Å². The number of hydrogen-bond donors (Lipinski definition) is 2. The van der Waals surface area contributed by atoms with Gasteiger partial charge in [0, 0.05) is 11.6 Å². The molecule has 21 heavy (non-hydrogen) atoms. The third-order valence-corrected chi connectivity index (χ3v) is 5.38. The third-order valence-electron chi connectivity index (χ3n) is 3.55. The molecule has 7 heteroatoms. The summed E-state index contributed by atoms with van der Waals surface area (Å²) in [6, 6.07) is 4.26. The van der Waals surface area contributed by atoms with Crippen molar-refractivity contribution in [1.82, 2.24) is 4.72 Å².